The monoisotopic (exact) mass is 300 g/mol. The molecule has 2 heterocycles. The molecule has 0 bridgehead atoms. The van der Waals surface area contributed by atoms with E-state index in [1.54, 1.807) is 0 Å². The molecular weight excluding hydrogens is 276 g/mol. The average Bonchev–Trinajstić information content (AvgIpc) is 3.06. The van der Waals surface area contributed by atoms with E-state index in [0.717, 1.165) is 42.8 Å². The van der Waals surface area contributed by atoms with Crippen molar-refractivity contribution in [1.29, 1.82) is 0 Å². The van der Waals surface area contributed by atoms with Gasteiger partial charge in [-0.15, -0.1) is 0 Å². The number of likely N-dealkylation sites (tertiary alicyclic amines) is 1. The fourth-order valence-electron chi connectivity index (χ4n) is 3.10. The third-order valence-corrected chi connectivity index (χ3v) is 4.23. The maximum Gasteiger partial charge on any atom is 0.242 e. The van der Waals surface area contributed by atoms with Crippen molar-refractivity contribution in [3.63, 3.8) is 0 Å². The summed E-state index contributed by atoms with van der Waals surface area (Å²) in [5.74, 6) is 1.08. The largest absolute Gasteiger partial charge is 0.397 e. The third-order valence-electron chi connectivity index (χ3n) is 4.23. The van der Waals surface area contributed by atoms with Gasteiger partial charge < -0.3 is 15.2 Å². The molecule has 1 amide bonds. The first-order chi connectivity index (χ1) is 10.4. The lowest BCUT2D eigenvalue weighted by Gasteiger charge is -2.22. The molecule has 1 aliphatic rings. The number of nitrogen functional groups attached to an aromatic ring is 1. The molecule has 0 aliphatic carbocycles. The molecule has 3 rings (SSSR count). The normalized spacial score (nSPS) is 15.7. The number of imidazole rings is 1. The molecule has 1 aliphatic heterocycles. The minimum atomic E-state index is -0.142. The number of nitrogens with zero attached hydrogens (tertiary/aromatic N) is 3. The number of hydrogen-bond acceptors (Lipinski definition) is 3. The molecule has 0 saturated carbocycles. The Balaban J connectivity index is 2.06. The van der Waals surface area contributed by atoms with Crippen molar-refractivity contribution in [3.8, 4) is 0 Å². The molecule has 1 aromatic carbocycles. The number of carbonyl (C=O) groups excluding carboxylic acids is 1. The summed E-state index contributed by atoms with van der Waals surface area (Å²) in [6, 6.07) is 5.77. The molecule has 0 atom stereocenters. The van der Waals surface area contributed by atoms with Crippen LogP contribution in [0.25, 0.3) is 11.0 Å². The highest BCUT2D eigenvalue weighted by Crippen LogP contribution is 2.29. The number of nitrogens with two attached hydrogens (primary N) is 1. The van der Waals surface area contributed by atoms with E-state index in [9.17, 15) is 4.79 Å². The van der Waals surface area contributed by atoms with Gasteiger partial charge in [0, 0.05) is 18.5 Å². The lowest BCUT2D eigenvalue weighted by molar-refractivity contribution is -0.130. The number of carbonyl (C=O) groups is 1. The highest BCUT2D eigenvalue weighted by atomic mass is 16.2. The minimum Gasteiger partial charge on any atom is -0.397 e. The molecule has 0 radical (unpaired) electrons. The van der Waals surface area contributed by atoms with Crippen LogP contribution in [-0.2, 0) is 16.8 Å². The fraction of sp³-hybridized carbons (Fsp3) is 0.529. The lowest BCUT2D eigenvalue weighted by Crippen LogP contribution is -2.32. The predicted octanol–water partition coefficient (Wildman–Crippen LogP) is 2.54. The number of benzene rings is 1. The number of amides is 1. The number of rotatable bonds is 2. The smallest absolute Gasteiger partial charge is 0.242 e. The van der Waals surface area contributed by atoms with E-state index in [2.05, 4.69) is 20.8 Å². The summed E-state index contributed by atoms with van der Waals surface area (Å²) in [7, 11) is 0. The summed E-state index contributed by atoms with van der Waals surface area (Å²) in [5, 5.41) is 0. The van der Waals surface area contributed by atoms with Crippen LogP contribution in [0.1, 0.15) is 39.4 Å². The first-order valence-corrected chi connectivity index (χ1v) is 7.91. The Bertz CT molecular complexity index is 705. The van der Waals surface area contributed by atoms with Crippen LogP contribution >= 0.6 is 0 Å². The first-order valence-electron chi connectivity index (χ1n) is 7.91. The van der Waals surface area contributed by atoms with Gasteiger partial charge in [-0.3, -0.25) is 4.79 Å². The molecule has 1 fully saturated rings. The van der Waals surface area contributed by atoms with Gasteiger partial charge in [0.05, 0.1) is 11.2 Å². The zero-order valence-electron chi connectivity index (χ0n) is 13.6. The van der Waals surface area contributed by atoms with Gasteiger partial charge in [0.15, 0.2) is 0 Å². The number of aromatic nitrogens is 2. The summed E-state index contributed by atoms with van der Waals surface area (Å²) >= 11 is 0. The number of fused-ring (bicyclic) bond motifs is 1. The van der Waals surface area contributed by atoms with Crippen molar-refractivity contribution >= 4 is 22.6 Å². The predicted molar refractivity (Wildman–Crippen MR) is 88.7 cm³/mol. The summed E-state index contributed by atoms with van der Waals surface area (Å²) in [5.41, 5.74) is 8.32. The van der Waals surface area contributed by atoms with E-state index >= 15 is 0 Å². The van der Waals surface area contributed by atoms with E-state index in [1.165, 1.54) is 0 Å². The maximum absolute atomic E-state index is 12.6. The third kappa shape index (κ3) is 2.56. The van der Waals surface area contributed by atoms with Gasteiger partial charge in [0.25, 0.3) is 0 Å². The van der Waals surface area contributed by atoms with E-state index in [0.29, 0.717) is 12.2 Å². The van der Waals surface area contributed by atoms with Gasteiger partial charge in [-0.25, -0.2) is 4.98 Å². The van der Waals surface area contributed by atoms with Crippen molar-refractivity contribution in [3.05, 3.63) is 24.0 Å². The molecule has 2 aromatic rings. The number of hydrogen-bond donors (Lipinski definition) is 1. The zero-order chi connectivity index (χ0) is 15.9. The van der Waals surface area contributed by atoms with Crippen LogP contribution in [-0.4, -0.2) is 33.4 Å². The quantitative estimate of drug-likeness (QED) is 0.867. The second kappa shape index (κ2) is 5.30. The highest BCUT2D eigenvalue weighted by molar-refractivity contribution is 5.89. The van der Waals surface area contributed by atoms with E-state index in [4.69, 9.17) is 10.7 Å². The average molecular weight is 300 g/mol. The van der Waals surface area contributed by atoms with E-state index in [-0.39, 0.29) is 11.3 Å². The van der Waals surface area contributed by atoms with Gasteiger partial charge >= 0.3 is 0 Å². The van der Waals surface area contributed by atoms with E-state index in [1.807, 2.05) is 27.7 Å². The Morgan fingerprint density at radius 1 is 1.27 bits per heavy atom. The van der Waals surface area contributed by atoms with Gasteiger partial charge in [0.2, 0.25) is 5.91 Å². The van der Waals surface area contributed by atoms with Crippen LogP contribution < -0.4 is 5.73 Å². The second-order valence-corrected chi connectivity index (χ2v) is 7.07. The Morgan fingerprint density at radius 3 is 2.59 bits per heavy atom. The minimum absolute atomic E-state index is 0.142. The molecule has 0 spiro atoms. The maximum atomic E-state index is 12.6. The van der Waals surface area contributed by atoms with Gasteiger partial charge in [0.1, 0.15) is 17.9 Å². The van der Waals surface area contributed by atoms with Crippen molar-refractivity contribution in [2.75, 3.05) is 18.8 Å². The van der Waals surface area contributed by atoms with Crippen molar-refractivity contribution in [2.45, 2.75) is 45.6 Å². The van der Waals surface area contributed by atoms with Crippen LogP contribution in [0.5, 0.6) is 0 Å². The van der Waals surface area contributed by atoms with Crippen molar-refractivity contribution < 1.29 is 4.79 Å². The lowest BCUT2D eigenvalue weighted by atomic mass is 9.95. The van der Waals surface area contributed by atoms with Gasteiger partial charge in [-0.1, -0.05) is 26.8 Å². The molecule has 5 nitrogen and oxygen atoms in total. The fourth-order valence-corrected chi connectivity index (χ4v) is 3.10. The van der Waals surface area contributed by atoms with E-state index < -0.39 is 0 Å². The molecule has 5 heteroatoms. The molecule has 1 saturated heterocycles. The molecular formula is C17H24N4O. The molecule has 22 heavy (non-hydrogen) atoms. The zero-order valence-corrected chi connectivity index (χ0v) is 13.6. The molecule has 0 unspecified atom stereocenters. The van der Waals surface area contributed by atoms with Crippen molar-refractivity contribution in [1.82, 2.24) is 14.5 Å². The van der Waals surface area contributed by atoms with Crippen LogP contribution in [0, 0.1) is 0 Å². The first kappa shape index (κ1) is 14.9. The Morgan fingerprint density at radius 2 is 1.95 bits per heavy atom. The van der Waals surface area contributed by atoms with Crippen molar-refractivity contribution in [2.24, 2.45) is 0 Å². The van der Waals surface area contributed by atoms with Crippen LogP contribution in [0.3, 0.4) is 0 Å². The summed E-state index contributed by atoms with van der Waals surface area (Å²) in [6.45, 7) is 8.42. The number of para-hydroxylation sites is 1. The van der Waals surface area contributed by atoms with Gasteiger partial charge in [-0.2, -0.15) is 0 Å². The Labute approximate surface area is 131 Å². The Hall–Kier alpha value is -2.04. The van der Waals surface area contributed by atoms with Crippen LogP contribution in [0.15, 0.2) is 18.2 Å². The summed E-state index contributed by atoms with van der Waals surface area (Å²) in [4.78, 5) is 19.2. The van der Waals surface area contributed by atoms with Crippen LogP contribution in [0.4, 0.5) is 5.69 Å². The standard InChI is InChI=1S/C17H24N4O/c1-17(2,3)16-19-15-12(18)7-6-8-13(15)21(16)11-14(22)20-9-4-5-10-20/h6-8H,4-5,9-11,18H2,1-3H3. The SMILES string of the molecule is CC(C)(C)c1nc2c(N)cccc2n1CC(=O)N1CCCC1. The number of anilines is 1. The summed E-state index contributed by atoms with van der Waals surface area (Å²) in [6.07, 6.45) is 2.21. The second-order valence-electron chi connectivity index (χ2n) is 7.07. The summed E-state index contributed by atoms with van der Waals surface area (Å²) < 4.78 is 2.03. The Kier molecular flexibility index (Phi) is 3.59. The topological polar surface area (TPSA) is 64.1 Å². The molecule has 1 aromatic heterocycles. The molecule has 118 valence electrons. The van der Waals surface area contributed by atoms with Crippen LogP contribution in [0.2, 0.25) is 0 Å². The molecule has 2 N–H and O–H groups in total. The van der Waals surface area contributed by atoms with Gasteiger partial charge in [-0.05, 0) is 25.0 Å². The highest BCUT2D eigenvalue weighted by Gasteiger charge is 2.26.